The van der Waals surface area contributed by atoms with Crippen LogP contribution in [-0.4, -0.2) is 58.3 Å². The van der Waals surface area contributed by atoms with Crippen LogP contribution in [0.2, 0.25) is 0 Å². The molecule has 0 saturated carbocycles. The van der Waals surface area contributed by atoms with Crippen LogP contribution >= 0.6 is 0 Å². The van der Waals surface area contributed by atoms with Gasteiger partial charge in [-0.2, -0.15) is 0 Å². The number of nitrogens with one attached hydrogen (secondary N) is 1. The Bertz CT molecular complexity index is 439. The summed E-state index contributed by atoms with van der Waals surface area (Å²) in [5.74, 6) is 1.98. The van der Waals surface area contributed by atoms with Crippen molar-refractivity contribution in [1.82, 2.24) is 5.32 Å². The molecular weight excluding hydrogens is 286 g/mol. The molecule has 0 heterocycles. The minimum absolute atomic E-state index is 0.281. The van der Waals surface area contributed by atoms with Crippen molar-refractivity contribution in [3.8, 4) is 17.2 Å². The Labute approximate surface area is 131 Å². The Morgan fingerprint density at radius 1 is 1.27 bits per heavy atom. The Morgan fingerprint density at radius 2 is 2.09 bits per heavy atom. The standard InChI is InChI=1S/C16H25NO5/c1-4-8-21-12-13(18)11-17-7-9-22-16-10-14(19-2)5-6-15(16)20-3/h4-6,10,13,17-18H,1,7-9,11-12H2,2-3H3/t13-/m1/s1. The van der Waals surface area contributed by atoms with Gasteiger partial charge in [0.2, 0.25) is 0 Å². The lowest BCUT2D eigenvalue weighted by atomic mass is 10.3. The smallest absolute Gasteiger partial charge is 0.164 e. The van der Waals surface area contributed by atoms with Crippen LogP contribution in [-0.2, 0) is 4.74 Å². The Balaban J connectivity index is 2.25. The second-order valence-electron chi connectivity index (χ2n) is 4.55. The fraction of sp³-hybridized carbons (Fsp3) is 0.500. The van der Waals surface area contributed by atoms with E-state index in [1.165, 1.54) is 0 Å². The van der Waals surface area contributed by atoms with E-state index in [1.807, 2.05) is 6.07 Å². The van der Waals surface area contributed by atoms with Crippen molar-refractivity contribution in [1.29, 1.82) is 0 Å². The quantitative estimate of drug-likeness (QED) is 0.447. The zero-order valence-corrected chi connectivity index (χ0v) is 13.2. The Hall–Kier alpha value is -1.76. The molecule has 6 heteroatoms. The predicted octanol–water partition coefficient (Wildman–Crippen LogP) is 1.24. The van der Waals surface area contributed by atoms with Gasteiger partial charge in [-0.3, -0.25) is 0 Å². The van der Waals surface area contributed by atoms with Crippen molar-refractivity contribution >= 4 is 0 Å². The van der Waals surface area contributed by atoms with E-state index in [0.29, 0.717) is 43.6 Å². The maximum Gasteiger partial charge on any atom is 0.164 e. The SMILES string of the molecule is C=CCOC[C@H](O)CNCCOc1cc(OC)ccc1OC. The van der Waals surface area contributed by atoms with Gasteiger partial charge in [0.25, 0.3) is 0 Å². The van der Waals surface area contributed by atoms with Crippen molar-refractivity contribution in [2.75, 3.05) is 47.1 Å². The molecule has 1 rings (SSSR count). The molecule has 0 aromatic heterocycles. The fourth-order valence-electron chi connectivity index (χ4n) is 1.74. The van der Waals surface area contributed by atoms with E-state index in [2.05, 4.69) is 11.9 Å². The molecule has 0 aliphatic heterocycles. The summed E-state index contributed by atoms with van der Waals surface area (Å²) in [7, 11) is 3.19. The normalized spacial score (nSPS) is 11.8. The summed E-state index contributed by atoms with van der Waals surface area (Å²) in [6, 6.07) is 5.38. The number of hydrogen-bond acceptors (Lipinski definition) is 6. The highest BCUT2D eigenvalue weighted by Gasteiger charge is 2.07. The van der Waals surface area contributed by atoms with Gasteiger partial charge >= 0.3 is 0 Å². The van der Waals surface area contributed by atoms with Crippen LogP contribution in [0.5, 0.6) is 17.2 Å². The molecule has 0 unspecified atom stereocenters. The van der Waals surface area contributed by atoms with Gasteiger partial charge in [0.05, 0.1) is 33.5 Å². The maximum absolute atomic E-state index is 9.64. The van der Waals surface area contributed by atoms with E-state index in [9.17, 15) is 5.11 Å². The summed E-state index contributed by atoms with van der Waals surface area (Å²) in [6.07, 6.45) is 1.10. The molecule has 2 N–H and O–H groups in total. The van der Waals surface area contributed by atoms with Gasteiger partial charge in [-0.15, -0.1) is 6.58 Å². The molecule has 6 nitrogen and oxygen atoms in total. The van der Waals surface area contributed by atoms with Crippen LogP contribution in [0, 0.1) is 0 Å². The number of ether oxygens (including phenoxy) is 4. The molecule has 124 valence electrons. The molecule has 22 heavy (non-hydrogen) atoms. The summed E-state index contributed by atoms with van der Waals surface area (Å²) in [4.78, 5) is 0. The van der Waals surface area contributed by atoms with E-state index in [-0.39, 0.29) is 6.61 Å². The fourth-order valence-corrected chi connectivity index (χ4v) is 1.74. The number of rotatable bonds is 12. The van der Waals surface area contributed by atoms with Crippen molar-refractivity contribution in [2.45, 2.75) is 6.10 Å². The van der Waals surface area contributed by atoms with E-state index >= 15 is 0 Å². The molecule has 0 amide bonds. The monoisotopic (exact) mass is 311 g/mol. The number of hydrogen-bond donors (Lipinski definition) is 2. The topological polar surface area (TPSA) is 69.2 Å². The van der Waals surface area contributed by atoms with Crippen molar-refractivity contribution < 1.29 is 24.1 Å². The van der Waals surface area contributed by atoms with Gasteiger partial charge in [0, 0.05) is 19.2 Å². The number of benzene rings is 1. The first-order chi connectivity index (χ1) is 10.7. The maximum atomic E-state index is 9.64. The Morgan fingerprint density at radius 3 is 2.77 bits per heavy atom. The first-order valence-electron chi connectivity index (χ1n) is 7.13. The third-order valence-corrected chi connectivity index (χ3v) is 2.83. The lowest BCUT2D eigenvalue weighted by Gasteiger charge is -2.14. The number of aliphatic hydroxyl groups excluding tert-OH is 1. The summed E-state index contributed by atoms with van der Waals surface area (Å²) >= 11 is 0. The van der Waals surface area contributed by atoms with Crippen molar-refractivity contribution in [3.05, 3.63) is 30.9 Å². The van der Waals surface area contributed by atoms with Crippen molar-refractivity contribution in [3.63, 3.8) is 0 Å². The summed E-state index contributed by atoms with van der Waals surface area (Å²) in [6.45, 7) is 5.75. The third kappa shape index (κ3) is 6.80. The molecule has 0 saturated heterocycles. The van der Waals surface area contributed by atoms with Crippen LogP contribution in [0.4, 0.5) is 0 Å². The lowest BCUT2D eigenvalue weighted by Crippen LogP contribution is -2.32. The summed E-state index contributed by atoms with van der Waals surface area (Å²) in [5, 5.41) is 12.7. The molecular formula is C16H25NO5. The predicted molar refractivity (Wildman–Crippen MR) is 84.9 cm³/mol. The lowest BCUT2D eigenvalue weighted by molar-refractivity contribution is 0.0491. The molecule has 1 atom stereocenters. The molecule has 0 fully saturated rings. The van der Waals surface area contributed by atoms with Crippen LogP contribution < -0.4 is 19.5 Å². The third-order valence-electron chi connectivity index (χ3n) is 2.83. The molecule has 0 aliphatic rings. The Kier molecular flexibility index (Phi) is 9.06. The average Bonchev–Trinajstić information content (AvgIpc) is 2.54. The van der Waals surface area contributed by atoms with Gasteiger partial charge in [-0.05, 0) is 12.1 Å². The summed E-state index contributed by atoms with van der Waals surface area (Å²) in [5.41, 5.74) is 0. The second kappa shape index (κ2) is 10.9. The van der Waals surface area contributed by atoms with Gasteiger partial charge in [0.15, 0.2) is 11.5 Å². The zero-order valence-electron chi connectivity index (χ0n) is 13.2. The van der Waals surface area contributed by atoms with Crippen LogP contribution in [0.3, 0.4) is 0 Å². The van der Waals surface area contributed by atoms with Gasteiger partial charge in [-0.1, -0.05) is 6.08 Å². The molecule has 1 aromatic carbocycles. The molecule has 1 aromatic rings. The molecule has 0 bridgehead atoms. The van der Waals surface area contributed by atoms with Gasteiger partial charge in [0.1, 0.15) is 12.4 Å². The second-order valence-corrected chi connectivity index (χ2v) is 4.55. The van der Waals surface area contributed by atoms with Gasteiger partial charge in [-0.25, -0.2) is 0 Å². The van der Waals surface area contributed by atoms with Gasteiger partial charge < -0.3 is 29.4 Å². The largest absolute Gasteiger partial charge is 0.497 e. The molecule has 0 radical (unpaired) electrons. The molecule has 0 aliphatic carbocycles. The minimum atomic E-state index is -0.550. The molecule has 0 spiro atoms. The number of aliphatic hydroxyl groups is 1. The van der Waals surface area contributed by atoms with E-state index in [0.717, 1.165) is 0 Å². The zero-order chi connectivity index (χ0) is 16.2. The first-order valence-corrected chi connectivity index (χ1v) is 7.13. The van der Waals surface area contributed by atoms with Crippen LogP contribution in [0.25, 0.3) is 0 Å². The average molecular weight is 311 g/mol. The summed E-state index contributed by atoms with van der Waals surface area (Å²) < 4.78 is 21.2. The minimum Gasteiger partial charge on any atom is -0.497 e. The van der Waals surface area contributed by atoms with E-state index < -0.39 is 6.10 Å². The van der Waals surface area contributed by atoms with Crippen molar-refractivity contribution in [2.24, 2.45) is 0 Å². The van der Waals surface area contributed by atoms with E-state index in [4.69, 9.17) is 18.9 Å². The number of methoxy groups -OCH3 is 2. The van der Waals surface area contributed by atoms with Crippen LogP contribution in [0.1, 0.15) is 0 Å². The first kappa shape index (κ1) is 18.3. The highest BCUT2D eigenvalue weighted by atomic mass is 16.5. The highest BCUT2D eigenvalue weighted by molar-refractivity contribution is 5.45. The van der Waals surface area contributed by atoms with E-state index in [1.54, 1.807) is 32.4 Å². The highest BCUT2D eigenvalue weighted by Crippen LogP contribution is 2.30. The van der Waals surface area contributed by atoms with Crippen LogP contribution in [0.15, 0.2) is 30.9 Å².